The second kappa shape index (κ2) is 7.33. The molecular formula is C12H22N2O4. The Morgan fingerprint density at radius 1 is 1.33 bits per heavy atom. The molecule has 1 fully saturated rings. The number of aliphatic carboxylic acids is 1. The molecule has 0 bridgehead atoms. The molecule has 0 aliphatic carbocycles. The zero-order valence-corrected chi connectivity index (χ0v) is 10.8. The van der Waals surface area contributed by atoms with E-state index in [0.717, 1.165) is 25.9 Å². The monoisotopic (exact) mass is 258 g/mol. The van der Waals surface area contributed by atoms with Crippen LogP contribution in [0.25, 0.3) is 0 Å². The molecule has 2 N–H and O–H groups in total. The van der Waals surface area contributed by atoms with Gasteiger partial charge in [-0.25, -0.2) is 0 Å². The number of aliphatic hydroxyl groups is 1. The van der Waals surface area contributed by atoms with Gasteiger partial charge in [0.2, 0.25) is 5.91 Å². The van der Waals surface area contributed by atoms with Crippen LogP contribution in [-0.2, 0) is 9.59 Å². The molecule has 0 aromatic heterocycles. The van der Waals surface area contributed by atoms with E-state index in [2.05, 4.69) is 0 Å². The molecule has 1 rings (SSSR count). The fraction of sp³-hybridized carbons (Fsp3) is 0.833. The zero-order chi connectivity index (χ0) is 13.5. The van der Waals surface area contributed by atoms with Crippen molar-refractivity contribution in [2.24, 2.45) is 0 Å². The topological polar surface area (TPSA) is 81.1 Å². The third-order valence-electron chi connectivity index (χ3n) is 2.98. The minimum Gasteiger partial charge on any atom is -0.481 e. The van der Waals surface area contributed by atoms with Crippen molar-refractivity contribution in [3.8, 4) is 0 Å². The summed E-state index contributed by atoms with van der Waals surface area (Å²) >= 11 is 0. The van der Waals surface area contributed by atoms with Crippen molar-refractivity contribution >= 4 is 11.9 Å². The van der Waals surface area contributed by atoms with E-state index in [4.69, 9.17) is 5.11 Å². The summed E-state index contributed by atoms with van der Waals surface area (Å²) in [5, 5.41) is 18.0. The molecule has 6 nitrogen and oxygen atoms in total. The van der Waals surface area contributed by atoms with E-state index < -0.39 is 12.1 Å². The second-order valence-electron chi connectivity index (χ2n) is 4.82. The first-order chi connectivity index (χ1) is 8.49. The molecule has 1 aliphatic rings. The summed E-state index contributed by atoms with van der Waals surface area (Å²) in [4.78, 5) is 26.0. The Kier molecular flexibility index (Phi) is 6.07. The van der Waals surface area contributed by atoms with E-state index in [0.29, 0.717) is 13.1 Å². The van der Waals surface area contributed by atoms with Crippen molar-refractivity contribution in [1.29, 1.82) is 0 Å². The number of carbonyl (C=O) groups excluding carboxylic acids is 1. The quantitative estimate of drug-likeness (QED) is 0.659. The summed E-state index contributed by atoms with van der Waals surface area (Å²) in [7, 11) is 0. The predicted octanol–water partition coefficient (Wildman–Crippen LogP) is -0.234. The number of hydrogen-bond donors (Lipinski definition) is 2. The van der Waals surface area contributed by atoms with Crippen molar-refractivity contribution in [2.45, 2.75) is 32.3 Å². The molecule has 1 atom stereocenters. The van der Waals surface area contributed by atoms with Gasteiger partial charge in [-0.15, -0.1) is 0 Å². The summed E-state index contributed by atoms with van der Waals surface area (Å²) in [6.07, 6.45) is 1.50. The van der Waals surface area contributed by atoms with Gasteiger partial charge in [0, 0.05) is 26.2 Å². The predicted molar refractivity (Wildman–Crippen MR) is 66.2 cm³/mol. The van der Waals surface area contributed by atoms with Gasteiger partial charge in [-0.3, -0.25) is 14.5 Å². The van der Waals surface area contributed by atoms with Crippen molar-refractivity contribution < 1.29 is 19.8 Å². The van der Waals surface area contributed by atoms with Gasteiger partial charge < -0.3 is 15.1 Å². The van der Waals surface area contributed by atoms with E-state index in [1.54, 1.807) is 16.7 Å². The SMILES string of the molecule is CC(O)CN(CCC(=O)O)CC(=O)N1CCCC1. The molecule has 18 heavy (non-hydrogen) atoms. The number of hydrogen-bond acceptors (Lipinski definition) is 4. The highest BCUT2D eigenvalue weighted by Gasteiger charge is 2.21. The van der Waals surface area contributed by atoms with Crippen molar-refractivity contribution in [1.82, 2.24) is 9.80 Å². The highest BCUT2D eigenvalue weighted by atomic mass is 16.4. The molecule has 0 spiro atoms. The van der Waals surface area contributed by atoms with Crippen molar-refractivity contribution in [3.05, 3.63) is 0 Å². The van der Waals surface area contributed by atoms with Gasteiger partial charge in [0.25, 0.3) is 0 Å². The molecule has 0 saturated carbocycles. The third-order valence-corrected chi connectivity index (χ3v) is 2.98. The van der Waals surface area contributed by atoms with E-state index in [1.165, 1.54) is 0 Å². The van der Waals surface area contributed by atoms with Gasteiger partial charge in [-0.05, 0) is 19.8 Å². The zero-order valence-electron chi connectivity index (χ0n) is 10.8. The summed E-state index contributed by atoms with van der Waals surface area (Å²) in [5.41, 5.74) is 0. The van der Waals surface area contributed by atoms with Gasteiger partial charge in [-0.2, -0.15) is 0 Å². The van der Waals surface area contributed by atoms with Crippen LogP contribution in [0.3, 0.4) is 0 Å². The molecule has 0 aromatic rings. The van der Waals surface area contributed by atoms with Gasteiger partial charge in [0.1, 0.15) is 0 Å². The number of aliphatic hydroxyl groups excluding tert-OH is 1. The maximum Gasteiger partial charge on any atom is 0.304 e. The molecule has 0 aromatic carbocycles. The van der Waals surface area contributed by atoms with Crippen molar-refractivity contribution in [3.63, 3.8) is 0 Å². The van der Waals surface area contributed by atoms with Crippen LogP contribution in [-0.4, -0.2) is 70.7 Å². The molecule has 1 aliphatic heterocycles. The second-order valence-corrected chi connectivity index (χ2v) is 4.82. The van der Waals surface area contributed by atoms with Crippen LogP contribution < -0.4 is 0 Å². The molecule has 1 unspecified atom stereocenters. The third kappa shape index (κ3) is 5.46. The van der Waals surface area contributed by atoms with Crippen molar-refractivity contribution in [2.75, 3.05) is 32.7 Å². The van der Waals surface area contributed by atoms with Crippen LogP contribution in [0.5, 0.6) is 0 Å². The summed E-state index contributed by atoms with van der Waals surface area (Å²) < 4.78 is 0. The van der Waals surface area contributed by atoms with Crippen LogP contribution in [0.15, 0.2) is 0 Å². The van der Waals surface area contributed by atoms with Crippen LogP contribution in [0.4, 0.5) is 0 Å². The lowest BCUT2D eigenvalue weighted by molar-refractivity contribution is -0.138. The van der Waals surface area contributed by atoms with Gasteiger partial charge in [0.15, 0.2) is 0 Å². The lowest BCUT2D eigenvalue weighted by Crippen LogP contribution is -2.42. The maximum atomic E-state index is 11.9. The van der Waals surface area contributed by atoms with Gasteiger partial charge >= 0.3 is 5.97 Å². The smallest absolute Gasteiger partial charge is 0.304 e. The molecule has 1 saturated heterocycles. The number of carbonyl (C=O) groups is 2. The number of carboxylic acid groups (broad SMARTS) is 1. The van der Waals surface area contributed by atoms with Crippen LogP contribution in [0, 0.1) is 0 Å². The number of amides is 1. The van der Waals surface area contributed by atoms with Gasteiger partial charge in [-0.1, -0.05) is 0 Å². The molecule has 1 amide bonds. The first-order valence-corrected chi connectivity index (χ1v) is 6.39. The average Bonchev–Trinajstić information content (AvgIpc) is 2.78. The van der Waals surface area contributed by atoms with Gasteiger partial charge in [0.05, 0.1) is 19.1 Å². The Morgan fingerprint density at radius 3 is 2.44 bits per heavy atom. The minimum absolute atomic E-state index is 0.0139. The van der Waals surface area contributed by atoms with E-state index in [1.807, 2.05) is 0 Å². The average molecular weight is 258 g/mol. The first kappa shape index (κ1) is 14.9. The summed E-state index contributed by atoms with van der Waals surface area (Å²) in [5.74, 6) is -0.863. The standard InChI is InChI=1S/C12H22N2O4/c1-10(15)8-13(7-4-12(17)18)9-11(16)14-5-2-3-6-14/h10,15H,2-9H2,1H3,(H,17,18). The number of carboxylic acids is 1. The molecule has 6 heteroatoms. The Hall–Kier alpha value is -1.14. The highest BCUT2D eigenvalue weighted by molar-refractivity contribution is 5.78. The molecular weight excluding hydrogens is 236 g/mol. The van der Waals surface area contributed by atoms with Crippen LogP contribution in [0.2, 0.25) is 0 Å². The molecule has 0 radical (unpaired) electrons. The minimum atomic E-state index is -0.890. The van der Waals surface area contributed by atoms with E-state index in [9.17, 15) is 14.7 Å². The van der Waals surface area contributed by atoms with Crippen LogP contribution >= 0.6 is 0 Å². The Bertz CT molecular complexity index is 288. The fourth-order valence-electron chi connectivity index (χ4n) is 2.12. The lowest BCUT2D eigenvalue weighted by Gasteiger charge is -2.25. The normalized spacial score (nSPS) is 17.2. The lowest BCUT2D eigenvalue weighted by atomic mass is 10.3. The Labute approximate surface area is 107 Å². The summed E-state index contributed by atoms with van der Waals surface area (Å²) in [6, 6.07) is 0. The highest BCUT2D eigenvalue weighted by Crippen LogP contribution is 2.08. The molecule has 1 heterocycles. The Balaban J connectivity index is 2.42. The van der Waals surface area contributed by atoms with E-state index >= 15 is 0 Å². The Morgan fingerprint density at radius 2 is 1.94 bits per heavy atom. The fourth-order valence-corrected chi connectivity index (χ4v) is 2.12. The number of nitrogens with zero attached hydrogens (tertiary/aromatic N) is 2. The number of rotatable bonds is 7. The maximum absolute atomic E-state index is 11.9. The first-order valence-electron chi connectivity index (χ1n) is 6.39. The summed E-state index contributed by atoms with van der Waals surface area (Å²) in [6.45, 7) is 4.03. The van der Waals surface area contributed by atoms with Crippen LogP contribution in [0.1, 0.15) is 26.2 Å². The molecule has 104 valence electrons. The largest absolute Gasteiger partial charge is 0.481 e. The number of likely N-dealkylation sites (tertiary alicyclic amines) is 1. The van der Waals surface area contributed by atoms with E-state index in [-0.39, 0.29) is 18.9 Å².